The predicted octanol–water partition coefficient (Wildman–Crippen LogP) is 2.97. The molecule has 1 aromatic heterocycles. The zero-order valence-corrected chi connectivity index (χ0v) is 17.8. The molecule has 0 radical (unpaired) electrons. The van der Waals surface area contributed by atoms with Crippen LogP contribution < -0.4 is 5.32 Å². The lowest BCUT2D eigenvalue weighted by atomic mass is 9.89. The summed E-state index contributed by atoms with van der Waals surface area (Å²) >= 11 is 0. The molecule has 6 nitrogen and oxygen atoms in total. The third-order valence-electron chi connectivity index (χ3n) is 6.39. The highest BCUT2D eigenvalue weighted by Gasteiger charge is 2.25. The van der Waals surface area contributed by atoms with Crippen molar-refractivity contribution in [3.05, 3.63) is 53.6 Å². The highest BCUT2D eigenvalue weighted by Crippen LogP contribution is 2.27. The molecular weight excluding hydrogens is 376 g/mol. The molecule has 2 fully saturated rings. The van der Waals surface area contributed by atoms with Crippen LogP contribution in [0.25, 0.3) is 0 Å². The van der Waals surface area contributed by atoms with Gasteiger partial charge in [0, 0.05) is 45.5 Å². The van der Waals surface area contributed by atoms with E-state index < -0.39 is 0 Å². The van der Waals surface area contributed by atoms with Gasteiger partial charge in [0.05, 0.1) is 0 Å². The number of nitrogens with zero attached hydrogens (tertiary/aromatic N) is 3. The molecule has 4 rings (SSSR count). The first-order valence-corrected chi connectivity index (χ1v) is 11.2. The Morgan fingerprint density at radius 3 is 2.37 bits per heavy atom. The second-order valence-electron chi connectivity index (χ2n) is 8.87. The van der Waals surface area contributed by atoms with E-state index in [9.17, 15) is 9.59 Å². The molecule has 1 aliphatic heterocycles. The normalized spacial score (nSPS) is 17.2. The predicted molar refractivity (Wildman–Crippen MR) is 116 cm³/mol. The van der Waals surface area contributed by atoms with Crippen LogP contribution in [-0.4, -0.2) is 45.9 Å². The van der Waals surface area contributed by atoms with Crippen molar-refractivity contribution < 1.29 is 9.59 Å². The minimum atomic E-state index is 0.0338. The fourth-order valence-electron chi connectivity index (χ4n) is 4.16. The second-order valence-corrected chi connectivity index (χ2v) is 8.87. The van der Waals surface area contributed by atoms with Crippen LogP contribution in [0.4, 0.5) is 0 Å². The van der Waals surface area contributed by atoms with Gasteiger partial charge < -0.3 is 14.8 Å². The zero-order valence-electron chi connectivity index (χ0n) is 17.8. The highest BCUT2D eigenvalue weighted by molar-refractivity contribution is 5.90. The van der Waals surface area contributed by atoms with Crippen molar-refractivity contribution >= 4 is 11.8 Å². The van der Waals surface area contributed by atoms with Gasteiger partial charge in [0.1, 0.15) is 0 Å². The molecule has 1 aliphatic carbocycles. The summed E-state index contributed by atoms with van der Waals surface area (Å²) in [7, 11) is 1.86. The van der Waals surface area contributed by atoms with Crippen molar-refractivity contribution in [2.24, 2.45) is 18.9 Å². The maximum absolute atomic E-state index is 12.6. The minimum Gasteiger partial charge on any atom is -0.356 e. The Bertz CT molecular complexity index is 862. The molecular formula is C24H32N4O2. The summed E-state index contributed by atoms with van der Waals surface area (Å²) in [6.45, 7) is 2.44. The number of likely N-dealkylation sites (tertiary alicyclic amines) is 1. The summed E-state index contributed by atoms with van der Waals surface area (Å²) in [5, 5.41) is 3.03. The van der Waals surface area contributed by atoms with E-state index in [0.29, 0.717) is 18.2 Å². The number of amides is 2. The Kier molecular flexibility index (Phi) is 6.50. The van der Waals surface area contributed by atoms with Crippen molar-refractivity contribution in [1.29, 1.82) is 0 Å². The molecule has 1 saturated carbocycles. The van der Waals surface area contributed by atoms with Crippen LogP contribution in [-0.2, 0) is 24.7 Å². The maximum Gasteiger partial charge on any atom is 0.289 e. The summed E-state index contributed by atoms with van der Waals surface area (Å²) in [6, 6.07) is 8.71. The number of hydrogen-bond donors (Lipinski definition) is 1. The summed E-state index contributed by atoms with van der Waals surface area (Å²) in [6.07, 6.45) is 10.5. The molecule has 1 N–H and O–H groups in total. The lowest BCUT2D eigenvalue weighted by Crippen LogP contribution is -2.39. The van der Waals surface area contributed by atoms with Gasteiger partial charge in [-0.2, -0.15) is 0 Å². The number of rotatable bonds is 8. The fraction of sp³-hybridized carbons (Fsp3) is 0.542. The number of piperidine rings is 1. The number of aryl methyl sites for hydroxylation is 2. The zero-order chi connectivity index (χ0) is 20.9. The van der Waals surface area contributed by atoms with Crippen LogP contribution in [0, 0.1) is 11.8 Å². The summed E-state index contributed by atoms with van der Waals surface area (Å²) in [4.78, 5) is 30.6. The smallest absolute Gasteiger partial charge is 0.289 e. The number of benzene rings is 1. The van der Waals surface area contributed by atoms with Crippen molar-refractivity contribution in [3.8, 4) is 0 Å². The van der Waals surface area contributed by atoms with E-state index >= 15 is 0 Å². The quantitative estimate of drug-likeness (QED) is 0.730. The van der Waals surface area contributed by atoms with Crippen molar-refractivity contribution in [2.45, 2.75) is 44.9 Å². The lowest BCUT2D eigenvalue weighted by Gasteiger charge is -2.31. The van der Waals surface area contributed by atoms with Crippen molar-refractivity contribution in [1.82, 2.24) is 19.8 Å². The lowest BCUT2D eigenvalue weighted by molar-refractivity contribution is -0.121. The Balaban J connectivity index is 1.19. The van der Waals surface area contributed by atoms with E-state index in [1.165, 1.54) is 24.0 Å². The van der Waals surface area contributed by atoms with Gasteiger partial charge >= 0.3 is 0 Å². The Morgan fingerprint density at radius 2 is 1.73 bits per heavy atom. The van der Waals surface area contributed by atoms with Gasteiger partial charge in [0.2, 0.25) is 5.91 Å². The van der Waals surface area contributed by atoms with Crippen LogP contribution in [0.2, 0.25) is 0 Å². The molecule has 2 amide bonds. The first kappa shape index (κ1) is 20.6. The van der Waals surface area contributed by atoms with E-state index in [-0.39, 0.29) is 11.8 Å². The highest BCUT2D eigenvalue weighted by atomic mass is 16.2. The van der Waals surface area contributed by atoms with Gasteiger partial charge in [-0.15, -0.1) is 0 Å². The third-order valence-corrected chi connectivity index (χ3v) is 6.39. The Labute approximate surface area is 178 Å². The monoisotopic (exact) mass is 408 g/mol. The van der Waals surface area contributed by atoms with Crippen LogP contribution in [0.5, 0.6) is 0 Å². The number of carbonyl (C=O) groups is 2. The average molecular weight is 409 g/mol. The number of aromatic nitrogens is 2. The molecule has 0 spiro atoms. The van der Waals surface area contributed by atoms with E-state index in [1.807, 2.05) is 18.1 Å². The molecule has 0 unspecified atom stereocenters. The minimum absolute atomic E-state index is 0.0338. The molecule has 160 valence electrons. The molecule has 2 aromatic rings. The molecule has 6 heteroatoms. The van der Waals surface area contributed by atoms with E-state index in [1.54, 1.807) is 10.8 Å². The number of imidazole rings is 1. The average Bonchev–Trinajstić information content (AvgIpc) is 3.50. The van der Waals surface area contributed by atoms with E-state index in [0.717, 1.165) is 51.2 Å². The van der Waals surface area contributed by atoms with Gasteiger partial charge in [-0.25, -0.2) is 4.98 Å². The first-order chi connectivity index (χ1) is 14.6. The molecule has 2 aliphatic rings. The maximum atomic E-state index is 12.6. The number of hydrogen-bond acceptors (Lipinski definition) is 3. The number of nitrogens with one attached hydrogen (secondary N) is 1. The van der Waals surface area contributed by atoms with Gasteiger partial charge in [0.15, 0.2) is 5.82 Å². The van der Waals surface area contributed by atoms with Gasteiger partial charge in [-0.3, -0.25) is 9.59 Å². The van der Waals surface area contributed by atoms with Gasteiger partial charge in [-0.05, 0) is 61.5 Å². The van der Waals surface area contributed by atoms with Crippen molar-refractivity contribution in [2.75, 3.05) is 19.6 Å². The van der Waals surface area contributed by atoms with Crippen LogP contribution in [0.3, 0.4) is 0 Å². The third kappa shape index (κ3) is 5.49. The largest absolute Gasteiger partial charge is 0.356 e. The van der Waals surface area contributed by atoms with Crippen LogP contribution >= 0.6 is 0 Å². The topological polar surface area (TPSA) is 67.2 Å². The molecule has 30 heavy (non-hydrogen) atoms. The van der Waals surface area contributed by atoms with Crippen LogP contribution in [0.1, 0.15) is 53.8 Å². The van der Waals surface area contributed by atoms with E-state index in [2.05, 4.69) is 34.6 Å². The van der Waals surface area contributed by atoms with Crippen LogP contribution in [0.15, 0.2) is 36.7 Å². The summed E-state index contributed by atoms with van der Waals surface area (Å²) in [5.41, 5.74) is 2.56. The van der Waals surface area contributed by atoms with Gasteiger partial charge in [-0.1, -0.05) is 24.3 Å². The Hall–Kier alpha value is -2.63. The first-order valence-electron chi connectivity index (χ1n) is 11.2. The fourth-order valence-corrected chi connectivity index (χ4v) is 4.16. The molecule has 1 saturated heterocycles. The molecule has 1 aromatic carbocycles. The molecule has 0 bridgehead atoms. The molecule has 2 heterocycles. The Morgan fingerprint density at radius 1 is 1.03 bits per heavy atom. The van der Waals surface area contributed by atoms with Gasteiger partial charge in [0.25, 0.3) is 5.91 Å². The molecule has 0 atom stereocenters. The summed E-state index contributed by atoms with van der Waals surface area (Å²) < 4.78 is 1.78. The standard InChI is InChI=1S/C24H32N4O2/c1-27-15-12-25-23(27)24(30)28-13-10-20(11-14-28)16-19-4-2-18(3-5-19)8-9-22(29)26-17-21-6-7-21/h2-5,12,15,20-21H,6-11,13-14,16-17H2,1H3,(H,26,29). The van der Waals surface area contributed by atoms with E-state index in [4.69, 9.17) is 0 Å². The summed E-state index contributed by atoms with van der Waals surface area (Å²) in [5.74, 6) is 2.05. The van der Waals surface area contributed by atoms with Crippen molar-refractivity contribution in [3.63, 3.8) is 0 Å². The number of carbonyl (C=O) groups excluding carboxylic acids is 2. The second kappa shape index (κ2) is 9.45. The SMILES string of the molecule is Cn1ccnc1C(=O)N1CCC(Cc2ccc(CCC(=O)NCC3CC3)cc2)CC1.